The number of nitrogens with two attached hydrogens (primary N) is 1. The first-order valence-electron chi connectivity index (χ1n) is 4.98. The van der Waals surface area contributed by atoms with Crippen molar-refractivity contribution >= 4 is 0 Å². The van der Waals surface area contributed by atoms with Gasteiger partial charge in [-0.1, -0.05) is 25.4 Å². The van der Waals surface area contributed by atoms with Crippen LogP contribution in [-0.2, 0) is 6.42 Å². The quantitative estimate of drug-likeness (QED) is 0.872. The molecule has 7 heteroatoms. The van der Waals surface area contributed by atoms with Crippen LogP contribution in [-0.4, -0.2) is 16.3 Å². The van der Waals surface area contributed by atoms with Gasteiger partial charge in [-0.15, -0.1) is 0 Å². The topological polar surface area (TPSA) is 64.9 Å². The number of halogens is 3. The summed E-state index contributed by atoms with van der Waals surface area (Å²) in [6, 6.07) is -0.514. The van der Waals surface area contributed by atoms with Crippen LogP contribution in [0.1, 0.15) is 38.0 Å². The molecule has 1 aromatic rings. The number of hydrogen-bond donors (Lipinski definition) is 1. The van der Waals surface area contributed by atoms with Gasteiger partial charge in [0.05, 0.1) is 6.04 Å². The molecular weight excluding hydrogens is 223 g/mol. The van der Waals surface area contributed by atoms with E-state index in [2.05, 4.69) is 10.1 Å². The summed E-state index contributed by atoms with van der Waals surface area (Å²) in [5, 5.41) is 3.25. The second kappa shape index (κ2) is 4.82. The highest BCUT2D eigenvalue weighted by molar-refractivity contribution is 4.94. The van der Waals surface area contributed by atoms with Crippen LogP contribution in [0.25, 0.3) is 0 Å². The van der Waals surface area contributed by atoms with Gasteiger partial charge in [-0.3, -0.25) is 0 Å². The molecule has 0 fully saturated rings. The Labute approximate surface area is 91.0 Å². The zero-order chi connectivity index (χ0) is 12.3. The molecule has 1 rings (SSSR count). The summed E-state index contributed by atoms with van der Waals surface area (Å²) in [6.45, 7) is 3.80. The van der Waals surface area contributed by atoms with Gasteiger partial charge in [0.1, 0.15) is 6.42 Å². The first-order chi connectivity index (χ1) is 7.33. The zero-order valence-electron chi connectivity index (χ0n) is 9.08. The maximum atomic E-state index is 12.0. The maximum absolute atomic E-state index is 12.0. The van der Waals surface area contributed by atoms with Crippen LogP contribution < -0.4 is 5.73 Å². The molecule has 16 heavy (non-hydrogen) atoms. The molecule has 0 unspecified atom stereocenters. The van der Waals surface area contributed by atoms with Gasteiger partial charge >= 0.3 is 6.18 Å². The highest BCUT2D eigenvalue weighted by Crippen LogP contribution is 2.23. The molecule has 0 saturated heterocycles. The standard InChI is InChI=1S/C9H14F3N3O/c1-3-5(2)7(13)8-14-6(15-16-8)4-9(10,11)12/h5,7H,3-4,13H2,1-2H3/t5-,7-/m0/s1. The molecule has 0 aliphatic heterocycles. The molecule has 2 N–H and O–H groups in total. The third kappa shape index (κ3) is 3.48. The molecule has 2 atom stereocenters. The van der Waals surface area contributed by atoms with Crippen LogP contribution >= 0.6 is 0 Å². The second-order valence-electron chi connectivity index (χ2n) is 3.75. The monoisotopic (exact) mass is 237 g/mol. The minimum atomic E-state index is -4.33. The van der Waals surface area contributed by atoms with Crippen molar-refractivity contribution in [2.75, 3.05) is 0 Å². The Balaban J connectivity index is 2.71. The van der Waals surface area contributed by atoms with Gasteiger partial charge in [-0.25, -0.2) is 0 Å². The third-order valence-electron chi connectivity index (χ3n) is 2.38. The molecule has 0 aromatic carbocycles. The molecule has 92 valence electrons. The van der Waals surface area contributed by atoms with E-state index in [1.54, 1.807) is 0 Å². The minimum Gasteiger partial charge on any atom is -0.338 e. The van der Waals surface area contributed by atoms with E-state index in [0.717, 1.165) is 6.42 Å². The normalized spacial score (nSPS) is 16.1. The van der Waals surface area contributed by atoms with E-state index >= 15 is 0 Å². The van der Waals surface area contributed by atoms with Crippen molar-refractivity contribution in [2.24, 2.45) is 11.7 Å². The van der Waals surface area contributed by atoms with Gasteiger partial charge in [-0.2, -0.15) is 18.2 Å². The Morgan fingerprint density at radius 2 is 2.06 bits per heavy atom. The Morgan fingerprint density at radius 1 is 1.44 bits per heavy atom. The Kier molecular flexibility index (Phi) is 3.90. The largest absolute Gasteiger partial charge is 0.396 e. The lowest BCUT2D eigenvalue weighted by Crippen LogP contribution is -2.19. The molecule has 0 spiro atoms. The van der Waals surface area contributed by atoms with E-state index in [4.69, 9.17) is 10.3 Å². The number of hydrogen-bond acceptors (Lipinski definition) is 4. The average molecular weight is 237 g/mol. The molecule has 4 nitrogen and oxygen atoms in total. The fraction of sp³-hybridized carbons (Fsp3) is 0.778. The van der Waals surface area contributed by atoms with Crippen LogP contribution in [0.4, 0.5) is 13.2 Å². The fourth-order valence-electron chi connectivity index (χ4n) is 1.15. The summed E-state index contributed by atoms with van der Waals surface area (Å²) in [5.41, 5.74) is 5.75. The lowest BCUT2D eigenvalue weighted by molar-refractivity contribution is -0.128. The summed E-state index contributed by atoms with van der Waals surface area (Å²) in [7, 11) is 0. The summed E-state index contributed by atoms with van der Waals surface area (Å²) < 4.78 is 40.8. The lowest BCUT2D eigenvalue weighted by Gasteiger charge is -2.12. The van der Waals surface area contributed by atoms with Gasteiger partial charge < -0.3 is 10.3 Å². The Bertz CT molecular complexity index is 337. The van der Waals surface area contributed by atoms with Crippen LogP contribution in [0.5, 0.6) is 0 Å². The van der Waals surface area contributed by atoms with Crippen molar-refractivity contribution in [1.29, 1.82) is 0 Å². The summed E-state index contributed by atoms with van der Waals surface area (Å²) >= 11 is 0. The van der Waals surface area contributed by atoms with Gasteiger partial charge in [0.15, 0.2) is 5.82 Å². The molecule has 1 aromatic heterocycles. The molecule has 0 radical (unpaired) electrons. The van der Waals surface area contributed by atoms with E-state index in [0.29, 0.717) is 0 Å². The Morgan fingerprint density at radius 3 is 2.56 bits per heavy atom. The highest BCUT2D eigenvalue weighted by Gasteiger charge is 2.31. The van der Waals surface area contributed by atoms with E-state index in [-0.39, 0.29) is 17.6 Å². The van der Waals surface area contributed by atoms with Crippen LogP contribution in [0.3, 0.4) is 0 Å². The zero-order valence-corrected chi connectivity index (χ0v) is 9.08. The van der Waals surface area contributed by atoms with Gasteiger partial charge in [0.2, 0.25) is 5.89 Å². The van der Waals surface area contributed by atoms with Crippen LogP contribution in [0.15, 0.2) is 4.52 Å². The van der Waals surface area contributed by atoms with Crippen molar-refractivity contribution in [3.8, 4) is 0 Å². The fourth-order valence-corrected chi connectivity index (χ4v) is 1.15. The first kappa shape index (κ1) is 13.0. The second-order valence-corrected chi connectivity index (χ2v) is 3.75. The maximum Gasteiger partial charge on any atom is 0.396 e. The SMILES string of the molecule is CC[C@H](C)[C@H](N)c1nc(CC(F)(F)F)no1. The van der Waals surface area contributed by atoms with Gasteiger partial charge in [-0.05, 0) is 5.92 Å². The van der Waals surface area contributed by atoms with E-state index in [1.165, 1.54) is 0 Å². The van der Waals surface area contributed by atoms with E-state index in [1.807, 2.05) is 13.8 Å². The summed E-state index contributed by atoms with van der Waals surface area (Å²) in [5.74, 6) is -0.228. The van der Waals surface area contributed by atoms with Crippen molar-refractivity contribution in [2.45, 2.75) is 38.9 Å². The highest BCUT2D eigenvalue weighted by atomic mass is 19.4. The van der Waals surface area contributed by atoms with E-state index in [9.17, 15) is 13.2 Å². The van der Waals surface area contributed by atoms with Crippen LogP contribution in [0, 0.1) is 5.92 Å². The minimum absolute atomic E-state index is 0.0635. The van der Waals surface area contributed by atoms with Crippen molar-refractivity contribution < 1.29 is 17.7 Å². The number of rotatable bonds is 4. The average Bonchev–Trinajstić information content (AvgIpc) is 2.61. The molecular formula is C9H14F3N3O. The van der Waals surface area contributed by atoms with Gasteiger partial charge in [0, 0.05) is 0 Å². The van der Waals surface area contributed by atoms with Crippen molar-refractivity contribution in [3.05, 3.63) is 11.7 Å². The smallest absolute Gasteiger partial charge is 0.338 e. The number of alkyl halides is 3. The molecule has 0 aliphatic rings. The summed E-state index contributed by atoms with van der Waals surface area (Å²) in [4.78, 5) is 3.64. The number of nitrogens with zero attached hydrogens (tertiary/aromatic N) is 2. The molecule has 0 saturated carbocycles. The van der Waals surface area contributed by atoms with E-state index < -0.39 is 18.6 Å². The first-order valence-corrected chi connectivity index (χ1v) is 4.98. The van der Waals surface area contributed by atoms with Crippen LogP contribution in [0.2, 0.25) is 0 Å². The molecule has 0 bridgehead atoms. The summed E-state index contributed by atoms with van der Waals surface area (Å²) in [6.07, 6.45) is -4.73. The lowest BCUT2D eigenvalue weighted by atomic mass is 10.0. The Hall–Kier alpha value is -1.11. The molecule has 0 aliphatic carbocycles. The van der Waals surface area contributed by atoms with Gasteiger partial charge in [0.25, 0.3) is 0 Å². The van der Waals surface area contributed by atoms with Crippen molar-refractivity contribution in [3.63, 3.8) is 0 Å². The molecule has 1 heterocycles. The molecule has 0 amide bonds. The predicted octanol–water partition coefficient (Wildman–Crippen LogP) is 2.22. The third-order valence-corrected chi connectivity index (χ3v) is 2.38. The number of aromatic nitrogens is 2. The predicted molar refractivity (Wildman–Crippen MR) is 50.4 cm³/mol. The van der Waals surface area contributed by atoms with Crippen molar-refractivity contribution in [1.82, 2.24) is 10.1 Å².